The number of hydrogen-bond donors (Lipinski definition) is 1. The number of anilines is 2. The molecule has 160 valence electrons. The Hall–Kier alpha value is -3.81. The molecular weight excluding hydrogens is 396 g/mol. The molecule has 0 atom stereocenters. The van der Waals surface area contributed by atoms with Gasteiger partial charge in [0.1, 0.15) is 18.0 Å². The number of hydrogen-bond acceptors (Lipinski definition) is 5. The number of nitrogens with zero attached hydrogens (tertiary/aromatic N) is 3. The number of carbonyl (C=O) groups is 2. The van der Waals surface area contributed by atoms with E-state index in [1.165, 1.54) is 4.90 Å². The molecule has 1 N–H and O–H groups in total. The summed E-state index contributed by atoms with van der Waals surface area (Å²) < 4.78 is 10.7. The molecule has 2 aromatic carbocycles. The SMILES string of the molecule is COc1ccc(OC)c(N2CCN(CC(=O)Nc3cc(C)nc4ccccc34)C2=O)c1. The van der Waals surface area contributed by atoms with Crippen molar-refractivity contribution in [3.05, 3.63) is 54.2 Å². The predicted octanol–water partition coefficient (Wildman–Crippen LogP) is 3.44. The third-order valence-corrected chi connectivity index (χ3v) is 5.22. The Morgan fingerprint density at radius 2 is 1.90 bits per heavy atom. The van der Waals surface area contributed by atoms with Gasteiger partial charge in [-0.05, 0) is 31.2 Å². The van der Waals surface area contributed by atoms with E-state index in [-0.39, 0.29) is 18.5 Å². The largest absolute Gasteiger partial charge is 0.497 e. The Balaban J connectivity index is 1.49. The van der Waals surface area contributed by atoms with E-state index in [2.05, 4.69) is 10.3 Å². The van der Waals surface area contributed by atoms with Crippen LogP contribution in [0.4, 0.5) is 16.2 Å². The minimum Gasteiger partial charge on any atom is -0.497 e. The van der Waals surface area contributed by atoms with Gasteiger partial charge in [0.15, 0.2) is 0 Å². The van der Waals surface area contributed by atoms with E-state index in [9.17, 15) is 9.59 Å². The van der Waals surface area contributed by atoms with Crippen molar-refractivity contribution >= 4 is 34.2 Å². The highest BCUT2D eigenvalue weighted by molar-refractivity contribution is 6.04. The summed E-state index contributed by atoms with van der Waals surface area (Å²) in [7, 11) is 3.12. The number of aryl methyl sites for hydroxylation is 1. The number of amides is 3. The van der Waals surface area contributed by atoms with E-state index in [1.54, 1.807) is 37.3 Å². The highest BCUT2D eigenvalue weighted by Crippen LogP contribution is 2.34. The zero-order valence-corrected chi connectivity index (χ0v) is 17.7. The molecule has 1 saturated heterocycles. The number of aromatic nitrogens is 1. The molecule has 31 heavy (non-hydrogen) atoms. The second kappa shape index (κ2) is 8.51. The van der Waals surface area contributed by atoms with E-state index in [0.717, 1.165) is 16.6 Å². The van der Waals surface area contributed by atoms with Gasteiger partial charge < -0.3 is 19.7 Å². The fourth-order valence-electron chi connectivity index (χ4n) is 3.73. The first kappa shape index (κ1) is 20.5. The second-order valence-electron chi connectivity index (χ2n) is 7.27. The van der Waals surface area contributed by atoms with Crippen LogP contribution < -0.4 is 19.7 Å². The van der Waals surface area contributed by atoms with Gasteiger partial charge >= 0.3 is 6.03 Å². The van der Waals surface area contributed by atoms with Gasteiger partial charge in [0.25, 0.3) is 0 Å². The first-order valence-electron chi connectivity index (χ1n) is 9.95. The maximum atomic E-state index is 13.0. The fraction of sp³-hybridized carbons (Fsp3) is 0.261. The zero-order valence-electron chi connectivity index (χ0n) is 17.7. The Kier molecular flexibility index (Phi) is 5.62. The number of fused-ring (bicyclic) bond motifs is 1. The number of pyridine rings is 1. The van der Waals surface area contributed by atoms with Gasteiger partial charge in [-0.15, -0.1) is 0 Å². The minimum absolute atomic E-state index is 0.0443. The smallest absolute Gasteiger partial charge is 0.325 e. The topological polar surface area (TPSA) is 84.0 Å². The molecule has 8 heteroatoms. The molecule has 1 aliphatic rings. The van der Waals surface area contributed by atoms with Crippen molar-refractivity contribution in [3.8, 4) is 11.5 Å². The average molecular weight is 420 g/mol. The normalized spacial score (nSPS) is 13.6. The number of nitrogens with one attached hydrogen (secondary N) is 1. The number of urea groups is 1. The van der Waals surface area contributed by atoms with Gasteiger partial charge in [-0.2, -0.15) is 0 Å². The maximum Gasteiger partial charge on any atom is 0.325 e. The summed E-state index contributed by atoms with van der Waals surface area (Å²) in [5, 5.41) is 3.79. The van der Waals surface area contributed by atoms with E-state index < -0.39 is 0 Å². The number of methoxy groups -OCH3 is 2. The molecular formula is C23H24N4O4. The van der Waals surface area contributed by atoms with Gasteiger partial charge in [-0.3, -0.25) is 14.7 Å². The molecule has 0 saturated carbocycles. The third-order valence-electron chi connectivity index (χ3n) is 5.22. The van der Waals surface area contributed by atoms with E-state index in [4.69, 9.17) is 9.47 Å². The Morgan fingerprint density at radius 3 is 2.68 bits per heavy atom. The summed E-state index contributed by atoms with van der Waals surface area (Å²) in [6, 6.07) is 14.5. The molecule has 3 amide bonds. The molecule has 1 aliphatic heterocycles. The average Bonchev–Trinajstić information content (AvgIpc) is 3.12. The van der Waals surface area contributed by atoms with Crippen molar-refractivity contribution in [2.24, 2.45) is 0 Å². The summed E-state index contributed by atoms with van der Waals surface area (Å²) in [5.74, 6) is 0.933. The first-order chi connectivity index (χ1) is 15.0. The summed E-state index contributed by atoms with van der Waals surface area (Å²) in [4.78, 5) is 33.3. The molecule has 4 rings (SSSR count). The van der Waals surface area contributed by atoms with Crippen LogP contribution in [0.25, 0.3) is 10.9 Å². The molecule has 2 heterocycles. The van der Waals surface area contributed by atoms with Gasteiger partial charge in [0, 0.05) is 30.2 Å². The number of benzene rings is 2. The van der Waals surface area contributed by atoms with Crippen molar-refractivity contribution in [1.82, 2.24) is 9.88 Å². The van der Waals surface area contributed by atoms with Gasteiger partial charge in [-0.25, -0.2) is 4.79 Å². The van der Waals surface area contributed by atoms with Crippen molar-refractivity contribution in [1.29, 1.82) is 0 Å². The zero-order chi connectivity index (χ0) is 22.0. The van der Waals surface area contributed by atoms with Crippen molar-refractivity contribution in [2.45, 2.75) is 6.92 Å². The van der Waals surface area contributed by atoms with Crippen molar-refractivity contribution < 1.29 is 19.1 Å². The molecule has 1 aromatic heterocycles. The lowest BCUT2D eigenvalue weighted by Crippen LogP contribution is -2.37. The molecule has 0 bridgehead atoms. The lowest BCUT2D eigenvalue weighted by Gasteiger charge is -2.21. The molecule has 0 spiro atoms. The van der Waals surface area contributed by atoms with E-state index >= 15 is 0 Å². The fourth-order valence-corrected chi connectivity index (χ4v) is 3.73. The number of ether oxygens (including phenoxy) is 2. The van der Waals surface area contributed by atoms with Crippen molar-refractivity contribution in [3.63, 3.8) is 0 Å². The van der Waals surface area contributed by atoms with E-state index in [0.29, 0.717) is 36.0 Å². The quantitative estimate of drug-likeness (QED) is 0.660. The van der Waals surface area contributed by atoms with Crippen LogP contribution in [-0.2, 0) is 4.79 Å². The number of carbonyl (C=O) groups excluding carboxylic acids is 2. The third kappa shape index (κ3) is 4.09. The van der Waals surface area contributed by atoms with Crippen LogP contribution in [0.1, 0.15) is 5.69 Å². The van der Waals surface area contributed by atoms with Crippen LogP contribution >= 0.6 is 0 Å². The van der Waals surface area contributed by atoms with Crippen LogP contribution in [0.15, 0.2) is 48.5 Å². The number of rotatable bonds is 6. The highest BCUT2D eigenvalue weighted by atomic mass is 16.5. The number of para-hydroxylation sites is 1. The molecule has 0 radical (unpaired) electrons. The molecule has 1 fully saturated rings. The monoisotopic (exact) mass is 420 g/mol. The first-order valence-corrected chi connectivity index (χ1v) is 9.95. The maximum absolute atomic E-state index is 13.0. The van der Waals surface area contributed by atoms with Crippen LogP contribution in [0.3, 0.4) is 0 Å². The standard InChI is InChI=1S/C23H24N4O4/c1-15-12-19(17-6-4-5-7-18(17)24-15)25-22(28)14-26-10-11-27(23(26)29)20-13-16(30-2)8-9-21(20)31-3/h4-9,12-13H,10-11,14H2,1-3H3,(H,24,25,28). The lowest BCUT2D eigenvalue weighted by molar-refractivity contribution is -0.116. The Morgan fingerprint density at radius 1 is 1.10 bits per heavy atom. The highest BCUT2D eigenvalue weighted by Gasteiger charge is 2.32. The Bertz CT molecular complexity index is 1150. The molecule has 3 aromatic rings. The second-order valence-corrected chi connectivity index (χ2v) is 7.27. The lowest BCUT2D eigenvalue weighted by atomic mass is 10.1. The van der Waals surface area contributed by atoms with Crippen LogP contribution in [0.5, 0.6) is 11.5 Å². The molecule has 0 aliphatic carbocycles. The summed E-state index contributed by atoms with van der Waals surface area (Å²) in [5.41, 5.74) is 2.92. The summed E-state index contributed by atoms with van der Waals surface area (Å²) >= 11 is 0. The van der Waals surface area contributed by atoms with Crippen LogP contribution in [0.2, 0.25) is 0 Å². The van der Waals surface area contributed by atoms with Crippen LogP contribution in [0, 0.1) is 6.92 Å². The Labute approximate surface area is 180 Å². The molecule has 0 unspecified atom stereocenters. The van der Waals surface area contributed by atoms with Gasteiger partial charge in [0.2, 0.25) is 5.91 Å². The minimum atomic E-state index is -0.261. The van der Waals surface area contributed by atoms with Crippen LogP contribution in [-0.4, -0.2) is 55.7 Å². The summed E-state index contributed by atoms with van der Waals surface area (Å²) in [6.45, 7) is 2.72. The van der Waals surface area contributed by atoms with Gasteiger partial charge in [0.05, 0.1) is 31.1 Å². The summed E-state index contributed by atoms with van der Waals surface area (Å²) in [6.07, 6.45) is 0. The van der Waals surface area contributed by atoms with Crippen molar-refractivity contribution in [2.75, 3.05) is 44.1 Å². The molecule has 8 nitrogen and oxygen atoms in total. The van der Waals surface area contributed by atoms with Gasteiger partial charge in [-0.1, -0.05) is 18.2 Å². The van der Waals surface area contributed by atoms with E-state index in [1.807, 2.05) is 37.3 Å². The predicted molar refractivity (Wildman–Crippen MR) is 119 cm³/mol.